The quantitative estimate of drug-likeness (QED) is 0.700. The number of ether oxygens (including phenoxy) is 1. The van der Waals surface area contributed by atoms with E-state index in [0.29, 0.717) is 0 Å². The molecule has 0 unspecified atom stereocenters. The van der Waals surface area contributed by atoms with Gasteiger partial charge in [0.25, 0.3) is 0 Å². The average Bonchev–Trinajstić information content (AvgIpc) is 2.04. The van der Waals surface area contributed by atoms with Crippen LogP contribution in [0.3, 0.4) is 0 Å². The van der Waals surface area contributed by atoms with Gasteiger partial charge in [0.2, 0.25) is 0 Å². The molecule has 0 fully saturated rings. The lowest BCUT2D eigenvalue weighted by Gasteiger charge is -2.19. The minimum atomic E-state index is -0.168. The number of halogens is 1. The van der Waals surface area contributed by atoms with E-state index in [9.17, 15) is 4.79 Å². The van der Waals surface area contributed by atoms with Crippen molar-refractivity contribution in [3.8, 4) is 0 Å². The van der Waals surface area contributed by atoms with Crippen LogP contribution in [0.4, 0.5) is 0 Å². The maximum absolute atomic E-state index is 11.2. The first-order valence-corrected chi connectivity index (χ1v) is 4.44. The van der Waals surface area contributed by atoms with Crippen LogP contribution in [0, 0.1) is 5.92 Å². The van der Waals surface area contributed by atoms with Gasteiger partial charge in [-0.2, -0.15) is 0 Å². The second-order valence-corrected chi connectivity index (χ2v) is 3.20. The van der Waals surface area contributed by atoms with Gasteiger partial charge < -0.3 is 10.1 Å². The van der Waals surface area contributed by atoms with E-state index in [2.05, 4.69) is 17.0 Å². The molecule has 0 aromatic heterocycles. The molecule has 3 nitrogen and oxygen atoms in total. The van der Waals surface area contributed by atoms with Gasteiger partial charge in [0, 0.05) is 0 Å². The maximum Gasteiger partial charge on any atom is 0.323 e. The zero-order valence-corrected chi connectivity index (χ0v) is 9.61. The molecule has 13 heavy (non-hydrogen) atoms. The van der Waals surface area contributed by atoms with Crippen LogP contribution in [0.25, 0.3) is 0 Å². The summed E-state index contributed by atoms with van der Waals surface area (Å²) in [6, 6.07) is -0.157. The van der Waals surface area contributed by atoms with Gasteiger partial charge in [-0.25, -0.2) is 0 Å². The molecule has 0 aliphatic carbocycles. The highest BCUT2D eigenvalue weighted by Crippen LogP contribution is 2.02. The van der Waals surface area contributed by atoms with Crippen molar-refractivity contribution in [1.29, 1.82) is 0 Å². The Kier molecular flexibility index (Phi) is 9.74. The van der Waals surface area contributed by atoms with Gasteiger partial charge in [-0.15, -0.1) is 12.4 Å². The first-order valence-electron chi connectivity index (χ1n) is 4.44. The van der Waals surface area contributed by atoms with Crippen molar-refractivity contribution in [2.24, 2.45) is 5.92 Å². The summed E-state index contributed by atoms with van der Waals surface area (Å²) in [6.07, 6.45) is 1.03. The summed E-state index contributed by atoms with van der Waals surface area (Å²) in [5, 5.41) is 3.14. The molecule has 0 aromatic carbocycles. The Bertz CT molecular complexity index is 140. The number of hydrogen-bond acceptors (Lipinski definition) is 3. The van der Waals surface area contributed by atoms with Crippen molar-refractivity contribution in [3.63, 3.8) is 0 Å². The molecule has 0 radical (unpaired) electrons. The molecule has 0 saturated carbocycles. The number of esters is 1. The van der Waals surface area contributed by atoms with Crippen molar-refractivity contribution < 1.29 is 9.53 Å². The minimum Gasteiger partial charge on any atom is -0.468 e. The Hall–Kier alpha value is -0.280. The lowest BCUT2D eigenvalue weighted by atomic mass is 10.0. The highest BCUT2D eigenvalue weighted by molar-refractivity contribution is 5.85. The Morgan fingerprint density at radius 3 is 2.31 bits per heavy atom. The molecule has 0 heterocycles. The predicted molar refractivity (Wildman–Crippen MR) is 56.2 cm³/mol. The van der Waals surface area contributed by atoms with E-state index >= 15 is 0 Å². The molecule has 1 N–H and O–H groups in total. The molecule has 1 atom stereocenters. The summed E-state index contributed by atoms with van der Waals surface area (Å²) in [4.78, 5) is 11.2. The van der Waals surface area contributed by atoms with E-state index in [4.69, 9.17) is 0 Å². The predicted octanol–water partition coefficient (Wildman–Crippen LogP) is 1.61. The van der Waals surface area contributed by atoms with E-state index in [1.165, 1.54) is 7.11 Å². The van der Waals surface area contributed by atoms with E-state index in [0.717, 1.165) is 13.0 Å². The fourth-order valence-electron chi connectivity index (χ4n) is 1.02. The normalized spacial score (nSPS) is 12.1. The van der Waals surface area contributed by atoms with Gasteiger partial charge in [0.1, 0.15) is 6.04 Å². The molecule has 80 valence electrons. The molecular formula is C9H20ClNO2. The summed E-state index contributed by atoms with van der Waals surface area (Å²) >= 11 is 0. The minimum absolute atomic E-state index is 0. The molecule has 0 rings (SSSR count). The fraction of sp³-hybridized carbons (Fsp3) is 0.889. The molecule has 0 aromatic rings. The largest absolute Gasteiger partial charge is 0.468 e. The van der Waals surface area contributed by atoms with Gasteiger partial charge in [0.05, 0.1) is 7.11 Å². The van der Waals surface area contributed by atoms with Crippen molar-refractivity contribution in [1.82, 2.24) is 5.32 Å². The number of rotatable bonds is 5. The summed E-state index contributed by atoms with van der Waals surface area (Å²) in [5.41, 5.74) is 0. The highest BCUT2D eigenvalue weighted by Gasteiger charge is 2.21. The standard InChI is InChI=1S/C9H19NO2.ClH/c1-5-6-10-8(7(2)3)9(11)12-4;/h7-8,10H,5-6H2,1-4H3;1H/t8-;/m0./s1. The first kappa shape index (κ1) is 15.2. The monoisotopic (exact) mass is 209 g/mol. The Labute approximate surface area is 86.6 Å². The van der Waals surface area contributed by atoms with Crippen LogP contribution in [-0.2, 0) is 9.53 Å². The number of methoxy groups -OCH3 is 1. The number of carbonyl (C=O) groups excluding carboxylic acids is 1. The molecule has 0 spiro atoms. The lowest BCUT2D eigenvalue weighted by Crippen LogP contribution is -2.42. The molecule has 0 saturated heterocycles. The van der Waals surface area contributed by atoms with Crippen LogP contribution in [-0.4, -0.2) is 25.7 Å². The Balaban J connectivity index is 0. The second-order valence-electron chi connectivity index (χ2n) is 3.20. The van der Waals surface area contributed by atoms with E-state index < -0.39 is 0 Å². The average molecular weight is 210 g/mol. The third-order valence-electron chi connectivity index (χ3n) is 1.74. The van der Waals surface area contributed by atoms with Crippen LogP contribution in [0.5, 0.6) is 0 Å². The van der Waals surface area contributed by atoms with Gasteiger partial charge in [-0.05, 0) is 18.9 Å². The second kappa shape index (κ2) is 8.32. The summed E-state index contributed by atoms with van der Waals surface area (Å²) in [7, 11) is 1.42. The van der Waals surface area contributed by atoms with Crippen molar-refractivity contribution in [2.75, 3.05) is 13.7 Å². The third kappa shape index (κ3) is 5.88. The van der Waals surface area contributed by atoms with Crippen molar-refractivity contribution >= 4 is 18.4 Å². The van der Waals surface area contributed by atoms with Crippen LogP contribution in [0.2, 0.25) is 0 Å². The number of carbonyl (C=O) groups is 1. The summed E-state index contributed by atoms with van der Waals surface area (Å²) in [5.74, 6) is 0.113. The molecule has 0 aliphatic heterocycles. The van der Waals surface area contributed by atoms with Crippen LogP contribution < -0.4 is 5.32 Å². The molecule has 0 amide bonds. The first-order chi connectivity index (χ1) is 5.63. The van der Waals surface area contributed by atoms with Gasteiger partial charge in [-0.1, -0.05) is 20.8 Å². The van der Waals surface area contributed by atoms with E-state index in [-0.39, 0.29) is 30.3 Å². The lowest BCUT2D eigenvalue weighted by molar-refractivity contribution is -0.144. The Morgan fingerprint density at radius 2 is 2.00 bits per heavy atom. The van der Waals surface area contributed by atoms with E-state index in [1.807, 2.05) is 13.8 Å². The maximum atomic E-state index is 11.2. The third-order valence-corrected chi connectivity index (χ3v) is 1.74. The Morgan fingerprint density at radius 1 is 1.46 bits per heavy atom. The number of hydrogen-bond donors (Lipinski definition) is 1. The molecular weight excluding hydrogens is 190 g/mol. The summed E-state index contributed by atoms with van der Waals surface area (Å²) in [6.45, 7) is 6.94. The van der Waals surface area contributed by atoms with Gasteiger partial charge in [-0.3, -0.25) is 4.79 Å². The van der Waals surface area contributed by atoms with Crippen molar-refractivity contribution in [2.45, 2.75) is 33.2 Å². The van der Waals surface area contributed by atoms with Crippen LogP contribution in [0.15, 0.2) is 0 Å². The van der Waals surface area contributed by atoms with Crippen molar-refractivity contribution in [3.05, 3.63) is 0 Å². The molecule has 0 aliphatic rings. The molecule has 4 heteroatoms. The zero-order valence-electron chi connectivity index (χ0n) is 8.79. The highest BCUT2D eigenvalue weighted by atomic mass is 35.5. The van der Waals surface area contributed by atoms with Crippen LogP contribution in [0.1, 0.15) is 27.2 Å². The smallest absolute Gasteiger partial charge is 0.323 e. The molecule has 0 bridgehead atoms. The van der Waals surface area contributed by atoms with Gasteiger partial charge in [0.15, 0.2) is 0 Å². The SMILES string of the molecule is CCCN[C@H](C(=O)OC)C(C)C.Cl. The topological polar surface area (TPSA) is 38.3 Å². The van der Waals surface area contributed by atoms with E-state index in [1.54, 1.807) is 0 Å². The fourth-order valence-corrected chi connectivity index (χ4v) is 1.02. The van der Waals surface area contributed by atoms with Gasteiger partial charge >= 0.3 is 5.97 Å². The number of nitrogens with one attached hydrogen (secondary N) is 1. The zero-order chi connectivity index (χ0) is 9.56. The summed E-state index contributed by atoms with van der Waals surface area (Å²) < 4.78 is 4.67. The van der Waals surface area contributed by atoms with Crippen LogP contribution >= 0.6 is 12.4 Å².